The van der Waals surface area contributed by atoms with Crippen LogP contribution in [0, 0.1) is 0 Å². The van der Waals surface area contributed by atoms with Crippen LogP contribution < -0.4 is 10.6 Å². The molecule has 0 unspecified atom stereocenters. The summed E-state index contributed by atoms with van der Waals surface area (Å²) < 4.78 is 25.6. The van der Waals surface area contributed by atoms with Gasteiger partial charge in [0.15, 0.2) is 20.6 Å². The molecule has 6 nitrogen and oxygen atoms in total. The van der Waals surface area contributed by atoms with Gasteiger partial charge in [0, 0.05) is 19.8 Å². The molecule has 1 aliphatic carbocycles. The average Bonchev–Trinajstić information content (AvgIpc) is 2.93. The molecule has 0 aliphatic heterocycles. The summed E-state index contributed by atoms with van der Waals surface area (Å²) in [7, 11) is -1.55. The van der Waals surface area contributed by atoms with E-state index in [2.05, 4.69) is 5.10 Å². The molecule has 1 aromatic rings. The van der Waals surface area contributed by atoms with E-state index in [1.165, 1.54) is 6.26 Å². The smallest absolute Gasteiger partial charge is 0.182 e. The van der Waals surface area contributed by atoms with Crippen molar-refractivity contribution in [2.75, 3.05) is 30.5 Å². The Labute approximate surface area is 114 Å². The van der Waals surface area contributed by atoms with E-state index < -0.39 is 9.84 Å². The lowest BCUT2D eigenvalue weighted by molar-refractivity contribution is 0.473. The summed E-state index contributed by atoms with van der Waals surface area (Å²) in [5.41, 5.74) is 6.06. The molecular formula is C12H22N4O2S. The van der Waals surface area contributed by atoms with Gasteiger partial charge in [0.05, 0.1) is 6.04 Å². The molecule has 0 amide bonds. The van der Waals surface area contributed by atoms with Crippen molar-refractivity contribution < 1.29 is 8.42 Å². The molecule has 108 valence electrons. The van der Waals surface area contributed by atoms with Gasteiger partial charge in [-0.05, 0) is 19.8 Å². The lowest BCUT2D eigenvalue weighted by Gasteiger charge is -2.14. The van der Waals surface area contributed by atoms with E-state index in [0.29, 0.717) is 12.4 Å². The molecule has 2 rings (SSSR count). The normalized spacial score (nSPS) is 17.0. The molecule has 1 aliphatic rings. The van der Waals surface area contributed by atoms with Crippen molar-refractivity contribution in [3.63, 3.8) is 0 Å². The first-order valence-electron chi connectivity index (χ1n) is 6.65. The molecule has 1 aromatic heterocycles. The first-order chi connectivity index (χ1) is 8.86. The van der Waals surface area contributed by atoms with Crippen LogP contribution in [0.15, 0.2) is 4.90 Å². The van der Waals surface area contributed by atoms with E-state index in [9.17, 15) is 8.42 Å². The summed E-state index contributed by atoms with van der Waals surface area (Å²) in [5.74, 6) is 0.749. The second-order valence-corrected chi connectivity index (χ2v) is 7.16. The zero-order valence-corrected chi connectivity index (χ0v) is 12.6. The molecule has 1 fully saturated rings. The molecule has 0 spiro atoms. The minimum absolute atomic E-state index is 0.170. The summed E-state index contributed by atoms with van der Waals surface area (Å²) in [6.07, 6.45) is 5.52. The highest BCUT2D eigenvalue weighted by molar-refractivity contribution is 7.91. The lowest BCUT2D eigenvalue weighted by atomic mass is 10.2. The Hall–Kier alpha value is -1.24. The summed E-state index contributed by atoms with van der Waals surface area (Å²) in [6, 6.07) is 0.236. The molecule has 19 heavy (non-hydrogen) atoms. The van der Waals surface area contributed by atoms with Gasteiger partial charge < -0.3 is 10.6 Å². The Bertz CT molecular complexity index is 559. The van der Waals surface area contributed by atoms with Crippen molar-refractivity contribution in [2.24, 2.45) is 0 Å². The number of hydrogen-bond donors (Lipinski definition) is 1. The van der Waals surface area contributed by atoms with Crippen molar-refractivity contribution >= 4 is 21.5 Å². The first-order valence-corrected chi connectivity index (χ1v) is 8.54. The molecule has 0 radical (unpaired) electrons. The molecular weight excluding hydrogens is 264 g/mol. The number of nitrogen functional groups attached to an aromatic ring is 1. The fourth-order valence-electron chi connectivity index (χ4n) is 2.60. The van der Waals surface area contributed by atoms with E-state index in [1.54, 1.807) is 4.68 Å². The monoisotopic (exact) mass is 286 g/mol. The maximum Gasteiger partial charge on any atom is 0.182 e. The fourth-order valence-corrected chi connectivity index (χ4v) is 3.60. The molecule has 1 saturated carbocycles. The number of rotatable bonds is 4. The first kappa shape index (κ1) is 14.2. The van der Waals surface area contributed by atoms with Crippen molar-refractivity contribution in [3.8, 4) is 0 Å². The van der Waals surface area contributed by atoms with Crippen molar-refractivity contribution in [3.05, 3.63) is 0 Å². The van der Waals surface area contributed by atoms with Crippen LogP contribution in [0.5, 0.6) is 0 Å². The second kappa shape index (κ2) is 5.03. The van der Waals surface area contributed by atoms with Crippen LogP contribution in [0.1, 0.15) is 38.6 Å². The Morgan fingerprint density at radius 3 is 2.47 bits per heavy atom. The van der Waals surface area contributed by atoms with Crippen LogP contribution in [0.4, 0.5) is 11.6 Å². The third-order valence-corrected chi connectivity index (χ3v) is 4.90. The number of sulfone groups is 1. The Balaban J connectivity index is 2.56. The van der Waals surface area contributed by atoms with Gasteiger partial charge >= 0.3 is 0 Å². The summed E-state index contributed by atoms with van der Waals surface area (Å²) in [5, 5.41) is 4.47. The van der Waals surface area contributed by atoms with Gasteiger partial charge in [-0.1, -0.05) is 12.8 Å². The van der Waals surface area contributed by atoms with Gasteiger partial charge in [-0.25, -0.2) is 13.1 Å². The quantitative estimate of drug-likeness (QED) is 0.905. The Kier molecular flexibility index (Phi) is 3.75. The summed E-state index contributed by atoms with van der Waals surface area (Å²) >= 11 is 0. The van der Waals surface area contributed by atoms with Gasteiger partial charge in [0.1, 0.15) is 5.82 Å². The SMILES string of the molecule is CCN(C)c1nn(C2CCCC2)c(N)c1S(C)(=O)=O. The molecule has 0 atom stereocenters. The van der Waals surface area contributed by atoms with Crippen LogP contribution in [-0.2, 0) is 9.84 Å². The highest BCUT2D eigenvalue weighted by Crippen LogP contribution is 2.36. The van der Waals surface area contributed by atoms with Gasteiger partial charge in [-0.3, -0.25) is 0 Å². The fraction of sp³-hybridized carbons (Fsp3) is 0.750. The number of nitrogens with two attached hydrogens (primary N) is 1. The molecule has 0 bridgehead atoms. The van der Waals surface area contributed by atoms with Gasteiger partial charge in [-0.15, -0.1) is 0 Å². The number of aromatic nitrogens is 2. The van der Waals surface area contributed by atoms with Crippen molar-refractivity contribution in [1.29, 1.82) is 0 Å². The lowest BCUT2D eigenvalue weighted by Crippen LogP contribution is -2.19. The molecule has 1 heterocycles. The minimum atomic E-state index is -3.38. The van der Waals surface area contributed by atoms with E-state index in [1.807, 2.05) is 18.9 Å². The van der Waals surface area contributed by atoms with Crippen LogP contribution in [0.3, 0.4) is 0 Å². The topological polar surface area (TPSA) is 81.2 Å². The third kappa shape index (κ3) is 2.56. The molecule has 0 aromatic carbocycles. The van der Waals surface area contributed by atoms with Crippen molar-refractivity contribution in [2.45, 2.75) is 43.5 Å². The zero-order valence-electron chi connectivity index (χ0n) is 11.8. The summed E-state index contributed by atoms with van der Waals surface area (Å²) in [6.45, 7) is 2.64. The van der Waals surface area contributed by atoms with Crippen LogP contribution in [0.25, 0.3) is 0 Å². The molecule has 0 saturated heterocycles. The highest BCUT2D eigenvalue weighted by atomic mass is 32.2. The molecule has 2 N–H and O–H groups in total. The van der Waals surface area contributed by atoms with Gasteiger partial charge in [0.2, 0.25) is 0 Å². The third-order valence-electron chi connectivity index (χ3n) is 3.76. The van der Waals surface area contributed by atoms with Crippen molar-refractivity contribution in [1.82, 2.24) is 9.78 Å². The highest BCUT2D eigenvalue weighted by Gasteiger charge is 2.29. The number of anilines is 2. The van der Waals surface area contributed by atoms with Crippen LogP contribution in [0.2, 0.25) is 0 Å². The maximum atomic E-state index is 12.0. The zero-order chi connectivity index (χ0) is 14.2. The number of hydrogen-bond acceptors (Lipinski definition) is 5. The summed E-state index contributed by atoms with van der Waals surface area (Å²) in [4.78, 5) is 1.99. The van der Waals surface area contributed by atoms with Gasteiger partial charge in [0.25, 0.3) is 0 Å². The Morgan fingerprint density at radius 1 is 1.42 bits per heavy atom. The Morgan fingerprint density at radius 2 is 2.00 bits per heavy atom. The largest absolute Gasteiger partial charge is 0.383 e. The van der Waals surface area contributed by atoms with E-state index in [4.69, 9.17) is 5.73 Å². The van der Waals surface area contributed by atoms with E-state index >= 15 is 0 Å². The predicted octanol–water partition coefficient (Wildman–Crippen LogP) is 1.44. The van der Waals surface area contributed by atoms with Crippen LogP contribution >= 0.6 is 0 Å². The van der Waals surface area contributed by atoms with Gasteiger partial charge in [-0.2, -0.15) is 5.10 Å². The van der Waals surface area contributed by atoms with E-state index in [0.717, 1.165) is 25.7 Å². The maximum absolute atomic E-state index is 12.0. The van der Waals surface area contributed by atoms with Crippen LogP contribution in [-0.4, -0.2) is 38.0 Å². The average molecular weight is 286 g/mol. The van der Waals surface area contributed by atoms with E-state index in [-0.39, 0.29) is 16.8 Å². The molecule has 7 heteroatoms. The second-order valence-electron chi connectivity index (χ2n) is 5.21. The number of nitrogens with zero attached hydrogens (tertiary/aromatic N) is 3. The predicted molar refractivity (Wildman–Crippen MR) is 76.2 cm³/mol. The standard InChI is InChI=1S/C12H22N4O2S/c1-4-15(2)12-10(19(3,17)18)11(13)16(14-12)9-7-5-6-8-9/h9H,4-8,13H2,1-3H3. The minimum Gasteiger partial charge on any atom is -0.383 e.